The molecule has 31 heavy (non-hydrogen) atoms. The van der Waals surface area contributed by atoms with Crippen LogP contribution in [0.3, 0.4) is 0 Å². The van der Waals surface area contributed by atoms with Crippen molar-refractivity contribution in [3.63, 3.8) is 0 Å². The van der Waals surface area contributed by atoms with E-state index >= 15 is 0 Å². The number of aromatic nitrogens is 1. The molecule has 4 amide bonds. The highest BCUT2D eigenvalue weighted by molar-refractivity contribution is 6.08. The Morgan fingerprint density at radius 2 is 1.90 bits per heavy atom. The summed E-state index contributed by atoms with van der Waals surface area (Å²) in [5.41, 5.74) is 2.23. The second-order valence-electron chi connectivity index (χ2n) is 7.11. The minimum absolute atomic E-state index is 0.0613. The predicted molar refractivity (Wildman–Crippen MR) is 114 cm³/mol. The van der Waals surface area contributed by atoms with Crippen molar-refractivity contribution in [3.05, 3.63) is 54.2 Å². The van der Waals surface area contributed by atoms with Crippen LogP contribution in [0, 0.1) is 0 Å². The third-order valence-corrected chi connectivity index (χ3v) is 5.15. The van der Waals surface area contributed by atoms with Crippen LogP contribution in [0.5, 0.6) is 11.5 Å². The van der Waals surface area contributed by atoms with E-state index in [-0.39, 0.29) is 18.9 Å². The van der Waals surface area contributed by atoms with Gasteiger partial charge in [-0.05, 0) is 35.9 Å². The largest absolute Gasteiger partial charge is 0.493 e. The van der Waals surface area contributed by atoms with E-state index < -0.39 is 18.0 Å². The number of hydrogen-bond acceptors (Lipinski definition) is 5. The van der Waals surface area contributed by atoms with Crippen LogP contribution in [0.4, 0.5) is 10.5 Å². The van der Waals surface area contributed by atoms with Crippen LogP contribution in [0.25, 0.3) is 10.9 Å². The van der Waals surface area contributed by atoms with Crippen LogP contribution in [0.2, 0.25) is 0 Å². The van der Waals surface area contributed by atoms with Crippen LogP contribution >= 0.6 is 0 Å². The summed E-state index contributed by atoms with van der Waals surface area (Å²) in [7, 11) is 3.04. The minimum Gasteiger partial charge on any atom is -0.493 e. The van der Waals surface area contributed by atoms with Gasteiger partial charge in [-0.1, -0.05) is 12.1 Å². The number of imide groups is 1. The molecule has 4 rings (SSSR count). The zero-order chi connectivity index (χ0) is 22.0. The topological polar surface area (TPSA) is 113 Å². The zero-order valence-corrected chi connectivity index (χ0v) is 17.1. The van der Waals surface area contributed by atoms with Gasteiger partial charge in [0.2, 0.25) is 5.91 Å². The van der Waals surface area contributed by atoms with Gasteiger partial charge in [-0.3, -0.25) is 14.5 Å². The van der Waals surface area contributed by atoms with E-state index in [1.54, 1.807) is 30.5 Å². The average molecular weight is 422 g/mol. The Balaban J connectivity index is 1.42. The lowest BCUT2D eigenvalue weighted by molar-refractivity contribution is -0.130. The Hall–Kier alpha value is -4.01. The van der Waals surface area contributed by atoms with E-state index in [1.807, 2.05) is 18.2 Å². The number of aromatic amines is 1. The van der Waals surface area contributed by atoms with Crippen molar-refractivity contribution < 1.29 is 23.9 Å². The van der Waals surface area contributed by atoms with Gasteiger partial charge in [0.15, 0.2) is 11.5 Å². The van der Waals surface area contributed by atoms with E-state index in [0.29, 0.717) is 22.7 Å². The maximum absolute atomic E-state index is 12.8. The van der Waals surface area contributed by atoms with Crippen LogP contribution in [0.1, 0.15) is 12.0 Å². The van der Waals surface area contributed by atoms with Crippen molar-refractivity contribution in [1.29, 1.82) is 0 Å². The van der Waals surface area contributed by atoms with Crippen molar-refractivity contribution in [2.75, 3.05) is 19.5 Å². The number of rotatable bonds is 7. The highest BCUT2D eigenvalue weighted by Gasteiger charge is 2.39. The second kappa shape index (κ2) is 8.39. The quantitative estimate of drug-likeness (QED) is 0.507. The number of anilines is 1. The minimum atomic E-state index is -0.918. The number of hydrogen-bond donors (Lipinski definition) is 3. The highest BCUT2D eigenvalue weighted by Crippen LogP contribution is 2.28. The number of H-pyrrole nitrogens is 1. The smallest absolute Gasteiger partial charge is 0.325 e. The van der Waals surface area contributed by atoms with E-state index in [4.69, 9.17) is 9.47 Å². The van der Waals surface area contributed by atoms with Gasteiger partial charge in [-0.25, -0.2) is 4.79 Å². The SMILES string of the molecule is COc1ccc(CN2C(=O)NC(CC(=O)Nc3cccc4[nH]ccc34)C2=O)cc1OC. The Morgan fingerprint density at radius 1 is 1.10 bits per heavy atom. The third-order valence-electron chi connectivity index (χ3n) is 5.15. The molecule has 0 spiro atoms. The molecule has 160 valence electrons. The summed E-state index contributed by atoms with van der Waals surface area (Å²) in [5, 5.41) is 6.27. The van der Waals surface area contributed by atoms with Crippen LogP contribution in [-0.2, 0) is 16.1 Å². The number of ether oxygens (including phenoxy) is 2. The van der Waals surface area contributed by atoms with Gasteiger partial charge >= 0.3 is 6.03 Å². The van der Waals surface area contributed by atoms with Crippen LogP contribution < -0.4 is 20.1 Å². The Labute approximate surface area is 178 Å². The predicted octanol–water partition coefficient (Wildman–Crippen LogP) is 2.63. The van der Waals surface area contributed by atoms with Gasteiger partial charge in [0.25, 0.3) is 5.91 Å². The molecule has 2 heterocycles. The fourth-order valence-corrected chi connectivity index (χ4v) is 3.61. The molecule has 0 saturated carbocycles. The lowest BCUT2D eigenvalue weighted by atomic mass is 10.1. The molecular formula is C22H22N4O5. The summed E-state index contributed by atoms with van der Waals surface area (Å²) in [6.45, 7) is 0.0613. The van der Waals surface area contributed by atoms with Gasteiger partial charge in [0.05, 0.1) is 32.9 Å². The van der Waals surface area contributed by atoms with E-state index in [2.05, 4.69) is 15.6 Å². The maximum atomic E-state index is 12.8. The number of nitrogens with one attached hydrogen (secondary N) is 3. The molecule has 1 fully saturated rings. The van der Waals surface area contributed by atoms with Gasteiger partial charge < -0.3 is 25.1 Å². The average Bonchev–Trinajstić information content (AvgIpc) is 3.35. The molecule has 0 aliphatic carbocycles. The van der Waals surface area contributed by atoms with Crippen molar-refractivity contribution >= 4 is 34.4 Å². The van der Waals surface area contributed by atoms with E-state index in [0.717, 1.165) is 15.8 Å². The molecule has 1 aliphatic heterocycles. The lowest BCUT2D eigenvalue weighted by Crippen LogP contribution is -2.34. The number of benzene rings is 2. The lowest BCUT2D eigenvalue weighted by Gasteiger charge is -2.15. The number of carbonyl (C=O) groups excluding carboxylic acids is 3. The summed E-state index contributed by atoms with van der Waals surface area (Å²) in [6, 6.07) is 11.1. The molecule has 2 aromatic carbocycles. The van der Waals surface area contributed by atoms with Crippen molar-refractivity contribution in [2.24, 2.45) is 0 Å². The molecule has 0 bridgehead atoms. The number of amides is 4. The molecule has 0 radical (unpaired) electrons. The van der Waals surface area contributed by atoms with Crippen LogP contribution in [-0.4, -0.2) is 48.0 Å². The standard InChI is InChI=1S/C22H22N4O5/c1-30-18-7-6-13(10-19(18)31-2)12-26-21(28)17(25-22(26)29)11-20(27)24-16-5-3-4-15-14(16)8-9-23-15/h3-10,17,23H,11-12H2,1-2H3,(H,24,27)(H,25,29). The first-order valence-corrected chi connectivity index (χ1v) is 9.69. The molecule has 1 aromatic heterocycles. The second-order valence-corrected chi connectivity index (χ2v) is 7.11. The first kappa shape index (κ1) is 20.3. The molecule has 1 aliphatic rings. The molecule has 1 atom stereocenters. The van der Waals surface area contributed by atoms with E-state index in [1.165, 1.54) is 14.2 Å². The maximum Gasteiger partial charge on any atom is 0.325 e. The van der Waals surface area contributed by atoms with E-state index in [9.17, 15) is 14.4 Å². The monoisotopic (exact) mass is 422 g/mol. The number of urea groups is 1. The molecule has 1 unspecified atom stereocenters. The Bertz CT molecular complexity index is 1160. The van der Waals surface area contributed by atoms with Crippen molar-refractivity contribution in [3.8, 4) is 11.5 Å². The van der Waals surface area contributed by atoms with Crippen LogP contribution in [0.15, 0.2) is 48.7 Å². The Morgan fingerprint density at radius 3 is 2.68 bits per heavy atom. The van der Waals surface area contributed by atoms with Gasteiger partial charge in [0.1, 0.15) is 6.04 Å². The first-order chi connectivity index (χ1) is 15.0. The summed E-state index contributed by atoms with van der Waals surface area (Å²) in [4.78, 5) is 41.8. The summed E-state index contributed by atoms with van der Waals surface area (Å²) in [6.07, 6.45) is 1.63. The fraction of sp³-hybridized carbons (Fsp3) is 0.227. The molecule has 3 N–H and O–H groups in total. The summed E-state index contributed by atoms with van der Waals surface area (Å²) < 4.78 is 10.5. The fourth-order valence-electron chi connectivity index (χ4n) is 3.61. The zero-order valence-electron chi connectivity index (χ0n) is 17.1. The van der Waals surface area contributed by atoms with Gasteiger partial charge in [-0.15, -0.1) is 0 Å². The highest BCUT2D eigenvalue weighted by atomic mass is 16.5. The first-order valence-electron chi connectivity index (χ1n) is 9.69. The summed E-state index contributed by atoms with van der Waals surface area (Å²) in [5.74, 6) is 0.243. The Kier molecular flexibility index (Phi) is 5.48. The number of nitrogens with zero attached hydrogens (tertiary/aromatic N) is 1. The number of carbonyl (C=O) groups is 3. The molecule has 3 aromatic rings. The normalized spacial score (nSPS) is 15.8. The summed E-state index contributed by atoms with van der Waals surface area (Å²) >= 11 is 0. The molecule has 9 nitrogen and oxygen atoms in total. The van der Waals surface area contributed by atoms with Crippen molar-refractivity contribution in [2.45, 2.75) is 19.0 Å². The third kappa shape index (κ3) is 4.02. The number of methoxy groups -OCH3 is 2. The van der Waals surface area contributed by atoms with Gasteiger partial charge in [0, 0.05) is 17.1 Å². The molecule has 1 saturated heterocycles. The molecular weight excluding hydrogens is 400 g/mol. The molecule has 9 heteroatoms. The number of fused-ring (bicyclic) bond motifs is 1. The van der Waals surface area contributed by atoms with Crippen molar-refractivity contribution in [1.82, 2.24) is 15.2 Å². The van der Waals surface area contributed by atoms with Gasteiger partial charge in [-0.2, -0.15) is 0 Å².